The minimum Gasteiger partial charge on any atom is -0.353 e. The lowest BCUT2D eigenvalue weighted by Gasteiger charge is -2.31. The Labute approximate surface area is 146 Å². The summed E-state index contributed by atoms with van der Waals surface area (Å²) >= 11 is 3.31. The summed E-state index contributed by atoms with van der Waals surface area (Å²) in [5.41, 5.74) is 0. The first-order valence-electron chi connectivity index (χ1n) is 7.90. The van der Waals surface area contributed by atoms with E-state index in [0.717, 1.165) is 17.3 Å². The normalized spacial score (nSPS) is 20.9. The summed E-state index contributed by atoms with van der Waals surface area (Å²) in [6.45, 7) is 4.68. The zero-order valence-corrected chi connectivity index (χ0v) is 15.9. The molecule has 1 amide bonds. The number of halogens is 1. The van der Waals surface area contributed by atoms with E-state index in [1.165, 1.54) is 4.31 Å². The van der Waals surface area contributed by atoms with Crippen LogP contribution < -0.4 is 5.32 Å². The van der Waals surface area contributed by atoms with Crippen molar-refractivity contribution in [3.63, 3.8) is 0 Å². The van der Waals surface area contributed by atoms with Crippen molar-refractivity contribution in [2.75, 3.05) is 13.1 Å². The van der Waals surface area contributed by atoms with Crippen LogP contribution in [0.2, 0.25) is 0 Å². The number of carbonyl (C=O) groups is 1. The van der Waals surface area contributed by atoms with Crippen LogP contribution in [0.5, 0.6) is 0 Å². The van der Waals surface area contributed by atoms with Crippen LogP contribution in [-0.2, 0) is 14.8 Å². The number of benzene rings is 1. The van der Waals surface area contributed by atoms with Gasteiger partial charge in [0.25, 0.3) is 0 Å². The summed E-state index contributed by atoms with van der Waals surface area (Å²) in [7, 11) is -3.55. The number of sulfonamides is 1. The smallest absolute Gasteiger partial charge is 0.243 e. The molecule has 1 fully saturated rings. The average Bonchev–Trinajstić information content (AvgIpc) is 2.55. The molecule has 1 aromatic rings. The van der Waals surface area contributed by atoms with Crippen molar-refractivity contribution in [1.29, 1.82) is 0 Å². The Morgan fingerprint density at radius 1 is 1.39 bits per heavy atom. The van der Waals surface area contributed by atoms with Crippen LogP contribution in [-0.4, -0.2) is 37.8 Å². The number of hydrogen-bond acceptors (Lipinski definition) is 3. The maximum Gasteiger partial charge on any atom is 0.243 e. The van der Waals surface area contributed by atoms with Gasteiger partial charge in [-0.05, 0) is 50.5 Å². The molecule has 23 heavy (non-hydrogen) atoms. The molecule has 1 saturated heterocycles. The van der Waals surface area contributed by atoms with Crippen molar-refractivity contribution in [3.05, 3.63) is 28.7 Å². The van der Waals surface area contributed by atoms with E-state index in [2.05, 4.69) is 21.2 Å². The largest absolute Gasteiger partial charge is 0.353 e. The molecule has 0 aromatic heterocycles. The summed E-state index contributed by atoms with van der Waals surface area (Å²) < 4.78 is 27.7. The molecule has 1 heterocycles. The number of piperidine rings is 1. The second kappa shape index (κ2) is 7.77. The molecule has 1 aliphatic rings. The Hall–Kier alpha value is -0.920. The Morgan fingerprint density at radius 3 is 2.65 bits per heavy atom. The van der Waals surface area contributed by atoms with E-state index in [1.54, 1.807) is 24.3 Å². The van der Waals surface area contributed by atoms with Gasteiger partial charge in [-0.2, -0.15) is 4.31 Å². The molecule has 0 saturated carbocycles. The van der Waals surface area contributed by atoms with E-state index in [9.17, 15) is 13.2 Å². The molecule has 7 heteroatoms. The Balaban J connectivity index is 2.11. The van der Waals surface area contributed by atoms with Gasteiger partial charge in [0, 0.05) is 23.6 Å². The van der Waals surface area contributed by atoms with Crippen molar-refractivity contribution in [3.8, 4) is 0 Å². The summed E-state index contributed by atoms with van der Waals surface area (Å²) in [6.07, 6.45) is 2.29. The first-order chi connectivity index (χ1) is 10.8. The molecular formula is C16H23BrN2O3S. The highest BCUT2D eigenvalue weighted by molar-refractivity contribution is 9.10. The summed E-state index contributed by atoms with van der Waals surface area (Å²) in [4.78, 5) is 12.5. The molecule has 0 radical (unpaired) electrons. The number of nitrogens with zero attached hydrogens (tertiary/aromatic N) is 1. The van der Waals surface area contributed by atoms with Crippen molar-refractivity contribution in [2.45, 2.75) is 44.0 Å². The fourth-order valence-electron chi connectivity index (χ4n) is 2.59. The Morgan fingerprint density at radius 2 is 2.04 bits per heavy atom. The number of amides is 1. The third-order valence-corrected chi connectivity index (χ3v) is 6.62. The second-order valence-corrected chi connectivity index (χ2v) is 8.83. The van der Waals surface area contributed by atoms with Gasteiger partial charge in [0.1, 0.15) is 0 Å². The summed E-state index contributed by atoms with van der Waals surface area (Å²) in [5.74, 6) is -0.321. The van der Waals surface area contributed by atoms with Crippen LogP contribution in [0.15, 0.2) is 33.6 Å². The molecule has 1 aromatic carbocycles. The van der Waals surface area contributed by atoms with E-state index in [4.69, 9.17) is 0 Å². The number of rotatable bonds is 5. The van der Waals surface area contributed by atoms with Crippen molar-refractivity contribution < 1.29 is 13.2 Å². The van der Waals surface area contributed by atoms with Gasteiger partial charge in [0.05, 0.1) is 10.8 Å². The van der Waals surface area contributed by atoms with Gasteiger partial charge in [0.15, 0.2) is 0 Å². The predicted octanol–water partition coefficient (Wildman–Crippen LogP) is 2.76. The number of carbonyl (C=O) groups excluding carboxylic acids is 1. The highest BCUT2D eigenvalue weighted by Crippen LogP contribution is 2.25. The van der Waals surface area contributed by atoms with E-state index >= 15 is 0 Å². The van der Waals surface area contributed by atoms with Gasteiger partial charge in [-0.3, -0.25) is 4.79 Å². The maximum atomic E-state index is 12.7. The van der Waals surface area contributed by atoms with Gasteiger partial charge in [0.2, 0.25) is 15.9 Å². The molecule has 128 valence electrons. The topological polar surface area (TPSA) is 66.5 Å². The van der Waals surface area contributed by atoms with Crippen LogP contribution in [0, 0.1) is 5.92 Å². The third-order valence-electron chi connectivity index (χ3n) is 4.21. The number of hydrogen-bond donors (Lipinski definition) is 1. The lowest BCUT2D eigenvalue weighted by Crippen LogP contribution is -2.46. The van der Waals surface area contributed by atoms with Crippen molar-refractivity contribution >= 4 is 31.9 Å². The van der Waals surface area contributed by atoms with Gasteiger partial charge in [-0.1, -0.05) is 22.9 Å². The Kier molecular flexibility index (Phi) is 6.22. The molecule has 1 N–H and O–H groups in total. The molecule has 5 nitrogen and oxygen atoms in total. The fraction of sp³-hybridized carbons (Fsp3) is 0.562. The van der Waals surface area contributed by atoms with Gasteiger partial charge >= 0.3 is 0 Å². The molecule has 0 bridgehead atoms. The highest BCUT2D eigenvalue weighted by atomic mass is 79.9. The summed E-state index contributed by atoms with van der Waals surface area (Å²) in [5, 5.41) is 2.95. The van der Waals surface area contributed by atoms with Crippen LogP contribution >= 0.6 is 15.9 Å². The second-order valence-electron chi connectivity index (χ2n) is 5.97. The fourth-order valence-corrected chi connectivity index (χ4v) is 4.38. The van der Waals surface area contributed by atoms with Crippen molar-refractivity contribution in [2.24, 2.45) is 5.92 Å². The van der Waals surface area contributed by atoms with Crippen LogP contribution in [0.25, 0.3) is 0 Å². The number of nitrogens with one attached hydrogen (secondary N) is 1. The standard InChI is InChI=1S/C16H23BrN2O3S/c1-3-12(2)18-16(20)13-5-4-10-19(11-13)23(21,22)15-8-6-14(17)7-9-15/h6-9,12-13H,3-5,10-11H2,1-2H3,(H,18,20)/t12-,13+/m0/s1. The van der Waals surface area contributed by atoms with Crippen LogP contribution in [0.1, 0.15) is 33.1 Å². The molecule has 0 spiro atoms. The van der Waals surface area contributed by atoms with E-state index < -0.39 is 10.0 Å². The minimum absolute atomic E-state index is 0.0462. The molecule has 2 atom stereocenters. The predicted molar refractivity (Wildman–Crippen MR) is 93.5 cm³/mol. The van der Waals surface area contributed by atoms with Gasteiger partial charge in [-0.15, -0.1) is 0 Å². The lowest BCUT2D eigenvalue weighted by molar-refractivity contribution is -0.126. The zero-order valence-electron chi connectivity index (χ0n) is 13.5. The first kappa shape index (κ1) is 18.4. The van der Waals surface area contributed by atoms with Crippen LogP contribution in [0.3, 0.4) is 0 Å². The lowest BCUT2D eigenvalue weighted by atomic mass is 9.98. The molecular weight excluding hydrogens is 380 g/mol. The zero-order chi connectivity index (χ0) is 17.0. The summed E-state index contributed by atoms with van der Waals surface area (Å²) in [6, 6.07) is 6.71. The maximum absolute atomic E-state index is 12.7. The minimum atomic E-state index is -3.55. The SMILES string of the molecule is CC[C@H](C)NC(=O)[C@@H]1CCCN(S(=O)(=O)c2ccc(Br)cc2)C1. The monoisotopic (exact) mass is 402 g/mol. The first-order valence-corrected chi connectivity index (χ1v) is 10.1. The van der Waals surface area contributed by atoms with Crippen molar-refractivity contribution in [1.82, 2.24) is 9.62 Å². The molecule has 1 aliphatic heterocycles. The molecule has 2 rings (SSSR count). The van der Waals surface area contributed by atoms with Crippen LogP contribution in [0.4, 0.5) is 0 Å². The molecule has 0 unspecified atom stereocenters. The van der Waals surface area contributed by atoms with Gasteiger partial charge < -0.3 is 5.32 Å². The third kappa shape index (κ3) is 4.55. The highest BCUT2D eigenvalue weighted by Gasteiger charge is 2.33. The van der Waals surface area contributed by atoms with Gasteiger partial charge in [-0.25, -0.2) is 8.42 Å². The van der Waals surface area contributed by atoms with E-state index in [0.29, 0.717) is 13.0 Å². The Bertz CT molecular complexity index is 646. The van der Waals surface area contributed by atoms with E-state index in [1.807, 2.05) is 13.8 Å². The molecule has 0 aliphatic carbocycles. The average molecular weight is 403 g/mol. The van der Waals surface area contributed by atoms with E-state index in [-0.39, 0.29) is 29.3 Å². The quantitative estimate of drug-likeness (QED) is 0.822.